The summed E-state index contributed by atoms with van der Waals surface area (Å²) in [6.07, 6.45) is -0.269. The summed E-state index contributed by atoms with van der Waals surface area (Å²) in [6, 6.07) is 16.1. The zero-order valence-electron chi connectivity index (χ0n) is 22.7. The van der Waals surface area contributed by atoms with Gasteiger partial charge in [0.1, 0.15) is 6.10 Å². The van der Waals surface area contributed by atoms with Crippen molar-refractivity contribution in [1.29, 1.82) is 0 Å². The molecule has 43 heavy (non-hydrogen) atoms. The van der Waals surface area contributed by atoms with E-state index in [4.69, 9.17) is 9.05 Å². The quantitative estimate of drug-likeness (QED) is 0.135. The van der Waals surface area contributed by atoms with Crippen molar-refractivity contribution in [2.24, 2.45) is 0 Å². The van der Waals surface area contributed by atoms with Gasteiger partial charge in [0.25, 0.3) is 10.0 Å². The van der Waals surface area contributed by atoms with Crippen molar-refractivity contribution < 1.29 is 35.7 Å². The summed E-state index contributed by atoms with van der Waals surface area (Å²) in [7, 11) is -3.90. The lowest BCUT2D eigenvalue weighted by Gasteiger charge is -2.10. The van der Waals surface area contributed by atoms with Crippen LogP contribution in [0.3, 0.4) is 0 Å². The van der Waals surface area contributed by atoms with Gasteiger partial charge in [0.2, 0.25) is 11.7 Å². The number of sulfonamides is 1. The van der Waals surface area contributed by atoms with Gasteiger partial charge in [-0.15, -0.1) is 0 Å². The number of nitrogens with zero attached hydrogens (tertiary/aromatic N) is 3. The minimum absolute atomic E-state index is 0.00557. The van der Waals surface area contributed by atoms with Crippen LogP contribution < -0.4 is 10.0 Å². The molecule has 224 valence electrons. The lowest BCUT2D eigenvalue weighted by molar-refractivity contribution is 0.138. The minimum Gasteiger partial charge on any atom is -0.384 e. The molecule has 0 spiro atoms. The van der Waals surface area contributed by atoms with Gasteiger partial charge in [0, 0.05) is 23.9 Å². The molecule has 5 rings (SSSR count). The first kappa shape index (κ1) is 29.9. The number of rotatable bonds is 12. The lowest BCUT2D eigenvalue weighted by atomic mass is 10.1. The highest BCUT2D eigenvalue weighted by molar-refractivity contribution is 7.92. The summed E-state index contributed by atoms with van der Waals surface area (Å²) in [6.45, 7) is 2.67. The topological polar surface area (TPSA) is 143 Å². The van der Waals surface area contributed by atoms with Gasteiger partial charge in [-0.05, 0) is 79.5 Å². The van der Waals surface area contributed by atoms with Crippen LogP contribution in [0.4, 0.5) is 18.9 Å². The molecule has 0 saturated carbocycles. The van der Waals surface area contributed by atoms with Crippen molar-refractivity contribution in [1.82, 2.24) is 20.6 Å². The highest BCUT2D eigenvalue weighted by atomic mass is 32.2. The molecular weight excluding hydrogens is 587 g/mol. The van der Waals surface area contributed by atoms with Gasteiger partial charge in [-0.2, -0.15) is 4.98 Å². The van der Waals surface area contributed by atoms with E-state index in [-0.39, 0.29) is 28.6 Å². The molecule has 2 aromatic heterocycles. The van der Waals surface area contributed by atoms with Crippen LogP contribution in [0.25, 0.3) is 11.4 Å². The van der Waals surface area contributed by atoms with Gasteiger partial charge in [-0.3, -0.25) is 4.72 Å². The van der Waals surface area contributed by atoms with E-state index in [1.807, 2.05) is 0 Å². The number of aliphatic hydroxyl groups excluding tert-OH is 1. The Kier molecular flexibility index (Phi) is 8.89. The predicted octanol–water partition coefficient (Wildman–Crippen LogP) is 4.71. The Bertz CT molecular complexity index is 1790. The molecule has 1 atom stereocenters. The molecule has 0 fully saturated rings. The Morgan fingerprint density at radius 2 is 1.60 bits per heavy atom. The maximum absolute atomic E-state index is 13.5. The molecule has 10 nitrogen and oxygen atoms in total. The molecule has 3 aromatic carbocycles. The third kappa shape index (κ3) is 7.46. The minimum atomic E-state index is -3.90. The summed E-state index contributed by atoms with van der Waals surface area (Å²) >= 11 is 0. The highest BCUT2D eigenvalue weighted by Crippen LogP contribution is 2.23. The predicted molar refractivity (Wildman–Crippen MR) is 149 cm³/mol. The molecule has 0 aliphatic rings. The highest BCUT2D eigenvalue weighted by Gasteiger charge is 2.17. The van der Waals surface area contributed by atoms with Gasteiger partial charge in [-0.1, -0.05) is 22.4 Å². The molecule has 14 heteroatoms. The van der Waals surface area contributed by atoms with Crippen LogP contribution in [0.2, 0.25) is 0 Å². The average Bonchev–Trinajstić information content (AvgIpc) is 3.64. The Labute approximate surface area is 244 Å². The molecule has 0 saturated heterocycles. The lowest BCUT2D eigenvalue weighted by Crippen LogP contribution is -2.23. The van der Waals surface area contributed by atoms with Crippen molar-refractivity contribution >= 4 is 15.7 Å². The number of benzene rings is 3. The maximum Gasteiger partial charge on any atom is 0.261 e. The first-order chi connectivity index (χ1) is 20.6. The Morgan fingerprint density at radius 3 is 2.26 bits per heavy atom. The van der Waals surface area contributed by atoms with E-state index in [9.17, 15) is 26.7 Å². The molecule has 0 aliphatic heterocycles. The van der Waals surface area contributed by atoms with E-state index in [0.29, 0.717) is 42.2 Å². The SMILES string of the molecule is Cc1cc(C(O)CNCCc2ccc(NS(=O)(=O)c3ccc(-c4noc(Cc5cc(F)c(F)c(F)c5)n4)cc3)cc2)on1. The fraction of sp³-hybridized carbons (Fsp3) is 0.207. The van der Waals surface area contributed by atoms with Gasteiger partial charge < -0.3 is 19.5 Å². The van der Waals surface area contributed by atoms with Crippen LogP contribution in [0.5, 0.6) is 0 Å². The van der Waals surface area contributed by atoms with E-state index in [1.54, 1.807) is 37.3 Å². The van der Waals surface area contributed by atoms with Crippen LogP contribution in [-0.2, 0) is 22.9 Å². The summed E-state index contributed by atoms with van der Waals surface area (Å²) in [5, 5.41) is 20.8. The van der Waals surface area contributed by atoms with Crippen LogP contribution in [0.15, 0.2) is 80.7 Å². The van der Waals surface area contributed by atoms with Crippen molar-refractivity contribution in [3.8, 4) is 11.4 Å². The number of anilines is 1. The number of hydrogen-bond donors (Lipinski definition) is 3. The number of nitrogens with one attached hydrogen (secondary N) is 2. The van der Waals surface area contributed by atoms with E-state index in [2.05, 4.69) is 25.3 Å². The van der Waals surface area contributed by atoms with Crippen LogP contribution in [-0.4, -0.2) is 41.9 Å². The first-order valence-corrected chi connectivity index (χ1v) is 14.6. The van der Waals surface area contributed by atoms with E-state index >= 15 is 0 Å². The molecule has 1 unspecified atom stereocenters. The van der Waals surface area contributed by atoms with Crippen LogP contribution in [0, 0.1) is 24.4 Å². The van der Waals surface area contributed by atoms with Crippen molar-refractivity contribution in [3.63, 3.8) is 0 Å². The second kappa shape index (κ2) is 12.8. The molecule has 0 aliphatic carbocycles. The van der Waals surface area contributed by atoms with Gasteiger partial charge in [-0.25, -0.2) is 21.6 Å². The maximum atomic E-state index is 13.5. The summed E-state index contributed by atoms with van der Waals surface area (Å²) in [5.74, 6) is -3.63. The standard InChI is InChI=1S/C29H26F3N5O5S/c1-17-12-26(41-35-17)25(38)16-33-11-10-18-2-6-21(7-3-18)37-43(39,40)22-8-4-20(5-9-22)29-34-27(42-36-29)15-19-13-23(30)28(32)24(31)14-19/h2-9,12-14,25,33,37-38H,10-11,15-16H2,1H3. The zero-order valence-corrected chi connectivity index (χ0v) is 23.5. The third-order valence-corrected chi connectivity index (χ3v) is 7.80. The first-order valence-electron chi connectivity index (χ1n) is 13.1. The fourth-order valence-electron chi connectivity index (χ4n) is 4.18. The van der Waals surface area contributed by atoms with E-state index in [0.717, 1.165) is 17.7 Å². The summed E-state index contributed by atoms with van der Waals surface area (Å²) < 4.78 is 78.7. The average molecular weight is 614 g/mol. The van der Waals surface area contributed by atoms with Gasteiger partial charge in [0.05, 0.1) is 17.0 Å². The molecule has 0 amide bonds. The fourth-order valence-corrected chi connectivity index (χ4v) is 5.24. The van der Waals surface area contributed by atoms with E-state index in [1.165, 1.54) is 24.3 Å². The Hall–Kier alpha value is -4.53. The number of hydrogen-bond acceptors (Lipinski definition) is 9. The molecule has 0 bridgehead atoms. The number of aryl methyl sites for hydroxylation is 1. The monoisotopic (exact) mass is 613 g/mol. The van der Waals surface area contributed by atoms with Crippen molar-refractivity contribution in [3.05, 3.63) is 113 Å². The van der Waals surface area contributed by atoms with E-state index < -0.39 is 33.6 Å². The largest absolute Gasteiger partial charge is 0.384 e. The smallest absolute Gasteiger partial charge is 0.261 e. The Balaban J connectivity index is 1.14. The van der Waals surface area contributed by atoms with Crippen LogP contribution in [0.1, 0.15) is 34.6 Å². The normalized spacial score (nSPS) is 12.4. The second-order valence-corrected chi connectivity index (χ2v) is 11.4. The number of halogens is 3. The van der Waals surface area contributed by atoms with Crippen molar-refractivity contribution in [2.75, 3.05) is 17.8 Å². The molecule has 5 aromatic rings. The zero-order chi connectivity index (χ0) is 30.6. The summed E-state index contributed by atoms with van der Waals surface area (Å²) in [5.41, 5.74) is 2.61. The molecule has 0 radical (unpaired) electrons. The van der Waals surface area contributed by atoms with Gasteiger partial charge in [0.15, 0.2) is 23.2 Å². The number of aliphatic hydroxyl groups is 1. The van der Waals surface area contributed by atoms with Crippen molar-refractivity contribution in [2.45, 2.75) is 30.8 Å². The Morgan fingerprint density at radius 1 is 0.907 bits per heavy atom. The molecule has 3 N–H and O–H groups in total. The summed E-state index contributed by atoms with van der Waals surface area (Å²) in [4.78, 5) is 4.18. The van der Waals surface area contributed by atoms with Crippen LogP contribution >= 0.6 is 0 Å². The third-order valence-electron chi connectivity index (χ3n) is 6.40. The molecular formula is C29H26F3N5O5S. The second-order valence-electron chi connectivity index (χ2n) is 9.73. The number of aromatic nitrogens is 3. The van der Waals surface area contributed by atoms with Gasteiger partial charge >= 0.3 is 0 Å². The molecule has 2 heterocycles.